The third-order valence-electron chi connectivity index (χ3n) is 5.07. The van der Waals surface area contributed by atoms with Crippen molar-refractivity contribution in [1.29, 1.82) is 0 Å². The van der Waals surface area contributed by atoms with Crippen LogP contribution in [0.3, 0.4) is 0 Å². The van der Waals surface area contributed by atoms with Crippen molar-refractivity contribution >= 4 is 28.6 Å². The molecule has 1 saturated heterocycles. The van der Waals surface area contributed by atoms with E-state index < -0.39 is 0 Å². The van der Waals surface area contributed by atoms with Crippen LogP contribution in [0.1, 0.15) is 11.1 Å². The van der Waals surface area contributed by atoms with E-state index in [0.717, 1.165) is 6.54 Å². The van der Waals surface area contributed by atoms with Crippen LogP contribution in [0.2, 0.25) is 0 Å². The Balaban J connectivity index is 1.54. The maximum Gasteiger partial charge on any atom is 0.233 e. The lowest BCUT2D eigenvalue weighted by molar-refractivity contribution is -0.132. The second kappa shape index (κ2) is 8.19. The minimum atomic E-state index is 0.194. The Kier molecular flexibility index (Phi) is 5.50. The van der Waals surface area contributed by atoms with E-state index in [9.17, 15) is 4.79 Å². The average molecular weight is 381 g/mol. The largest absolute Gasteiger partial charge is 0.378 e. The lowest BCUT2D eigenvalue weighted by Crippen LogP contribution is -2.41. The molecule has 5 heteroatoms. The number of thioether (sulfide) groups is 1. The van der Waals surface area contributed by atoms with Crippen molar-refractivity contribution in [3.63, 3.8) is 0 Å². The first-order valence-corrected chi connectivity index (χ1v) is 10.3. The number of ether oxygens (including phenoxy) is 1. The van der Waals surface area contributed by atoms with E-state index in [4.69, 9.17) is 4.74 Å². The van der Waals surface area contributed by atoms with Crippen LogP contribution >= 0.6 is 11.8 Å². The van der Waals surface area contributed by atoms with Gasteiger partial charge in [-0.3, -0.25) is 4.79 Å². The quantitative estimate of drug-likeness (QED) is 0.629. The summed E-state index contributed by atoms with van der Waals surface area (Å²) in [5.41, 5.74) is 3.83. The first kappa shape index (κ1) is 18.1. The van der Waals surface area contributed by atoms with Gasteiger partial charge in [0.05, 0.1) is 19.0 Å². The minimum absolute atomic E-state index is 0.194. The van der Waals surface area contributed by atoms with Crippen molar-refractivity contribution in [2.75, 3.05) is 32.1 Å². The van der Waals surface area contributed by atoms with Gasteiger partial charge in [-0.15, -0.1) is 11.8 Å². The molecule has 0 unspecified atom stereocenters. The SMILES string of the molecule is Cc1ccccc1Cn1cc(SCC(=O)N2CCOCC2)c2ccccc21. The second-order valence-electron chi connectivity index (χ2n) is 6.85. The van der Waals surface area contributed by atoms with Crippen LogP contribution in [0.4, 0.5) is 0 Å². The summed E-state index contributed by atoms with van der Waals surface area (Å²) in [4.78, 5) is 15.6. The van der Waals surface area contributed by atoms with E-state index in [2.05, 4.69) is 66.2 Å². The maximum absolute atomic E-state index is 12.5. The number of rotatable bonds is 5. The number of aryl methyl sites for hydroxylation is 1. The number of benzene rings is 2. The van der Waals surface area contributed by atoms with E-state index in [1.807, 2.05) is 4.90 Å². The Labute approximate surface area is 164 Å². The van der Waals surface area contributed by atoms with Gasteiger partial charge < -0.3 is 14.2 Å². The molecule has 0 saturated carbocycles. The molecule has 1 aliphatic rings. The van der Waals surface area contributed by atoms with Gasteiger partial charge in [0.1, 0.15) is 0 Å². The highest BCUT2D eigenvalue weighted by atomic mass is 32.2. The Bertz CT molecular complexity index is 944. The van der Waals surface area contributed by atoms with Gasteiger partial charge in [-0.1, -0.05) is 42.5 Å². The number of carbonyl (C=O) groups excluding carboxylic acids is 1. The molecule has 1 aliphatic heterocycles. The maximum atomic E-state index is 12.5. The van der Waals surface area contributed by atoms with E-state index >= 15 is 0 Å². The molecule has 0 atom stereocenters. The smallest absolute Gasteiger partial charge is 0.233 e. The van der Waals surface area contributed by atoms with Gasteiger partial charge in [-0.05, 0) is 24.1 Å². The van der Waals surface area contributed by atoms with Gasteiger partial charge >= 0.3 is 0 Å². The molecule has 4 nitrogen and oxygen atoms in total. The number of hydrogen-bond donors (Lipinski definition) is 0. The van der Waals surface area contributed by atoms with E-state index in [1.54, 1.807) is 11.8 Å². The summed E-state index contributed by atoms with van der Waals surface area (Å²) in [5, 5.41) is 1.21. The summed E-state index contributed by atoms with van der Waals surface area (Å²) in [6.07, 6.45) is 2.19. The molecular weight excluding hydrogens is 356 g/mol. The molecule has 1 amide bonds. The van der Waals surface area contributed by atoms with Gasteiger partial charge in [0, 0.05) is 41.6 Å². The first-order valence-electron chi connectivity index (χ1n) is 9.33. The lowest BCUT2D eigenvalue weighted by Gasteiger charge is -2.26. The lowest BCUT2D eigenvalue weighted by atomic mass is 10.1. The van der Waals surface area contributed by atoms with E-state index in [-0.39, 0.29) is 5.91 Å². The summed E-state index contributed by atoms with van der Waals surface area (Å²) in [5.74, 6) is 0.664. The average Bonchev–Trinajstić information content (AvgIpc) is 3.06. The van der Waals surface area contributed by atoms with Crippen LogP contribution in [0, 0.1) is 6.92 Å². The highest BCUT2D eigenvalue weighted by Gasteiger charge is 2.18. The molecule has 0 spiro atoms. The van der Waals surface area contributed by atoms with Crippen LogP contribution in [-0.2, 0) is 16.1 Å². The van der Waals surface area contributed by atoms with Crippen molar-refractivity contribution in [2.24, 2.45) is 0 Å². The van der Waals surface area contributed by atoms with E-state index in [1.165, 1.54) is 26.9 Å². The molecule has 2 heterocycles. The molecule has 4 rings (SSSR count). The molecule has 2 aromatic carbocycles. The molecule has 140 valence electrons. The number of morpholine rings is 1. The predicted octanol–water partition coefficient (Wildman–Crippen LogP) is 3.95. The Morgan fingerprint density at radius 2 is 1.81 bits per heavy atom. The molecule has 3 aromatic rings. The Morgan fingerprint density at radius 1 is 1.07 bits per heavy atom. The number of carbonyl (C=O) groups is 1. The zero-order valence-electron chi connectivity index (χ0n) is 15.6. The van der Waals surface area contributed by atoms with Gasteiger partial charge in [-0.2, -0.15) is 0 Å². The van der Waals surface area contributed by atoms with Gasteiger partial charge in [0.25, 0.3) is 0 Å². The summed E-state index contributed by atoms with van der Waals surface area (Å²) >= 11 is 1.63. The molecule has 0 radical (unpaired) electrons. The summed E-state index contributed by atoms with van der Waals surface area (Å²) in [6, 6.07) is 16.9. The van der Waals surface area contributed by atoms with Gasteiger partial charge in [0.2, 0.25) is 5.91 Å². The first-order chi connectivity index (χ1) is 13.2. The fourth-order valence-corrected chi connectivity index (χ4v) is 4.46. The van der Waals surface area contributed by atoms with Gasteiger partial charge in [-0.25, -0.2) is 0 Å². The Hall–Kier alpha value is -2.24. The fraction of sp³-hybridized carbons (Fsp3) is 0.318. The number of amides is 1. The second-order valence-corrected chi connectivity index (χ2v) is 7.86. The summed E-state index contributed by atoms with van der Waals surface area (Å²) in [7, 11) is 0. The Morgan fingerprint density at radius 3 is 2.63 bits per heavy atom. The number of fused-ring (bicyclic) bond motifs is 1. The number of aromatic nitrogens is 1. The van der Waals surface area contributed by atoms with Crippen molar-refractivity contribution in [3.05, 3.63) is 65.9 Å². The van der Waals surface area contributed by atoms with Crippen LogP contribution in [-0.4, -0.2) is 47.4 Å². The molecule has 1 aromatic heterocycles. The molecule has 27 heavy (non-hydrogen) atoms. The molecule has 0 aliphatic carbocycles. The zero-order chi connectivity index (χ0) is 18.6. The number of para-hydroxylation sites is 1. The van der Waals surface area contributed by atoms with Gasteiger partial charge in [0.15, 0.2) is 0 Å². The van der Waals surface area contributed by atoms with Crippen LogP contribution in [0.25, 0.3) is 10.9 Å². The molecule has 0 N–H and O–H groups in total. The molecule has 0 bridgehead atoms. The summed E-state index contributed by atoms with van der Waals surface area (Å²) < 4.78 is 7.63. The molecular formula is C22H24N2O2S. The van der Waals surface area contributed by atoms with Crippen LogP contribution in [0.5, 0.6) is 0 Å². The number of nitrogens with zero attached hydrogens (tertiary/aromatic N) is 2. The van der Waals surface area contributed by atoms with Crippen molar-refractivity contribution in [2.45, 2.75) is 18.4 Å². The predicted molar refractivity (Wildman–Crippen MR) is 110 cm³/mol. The van der Waals surface area contributed by atoms with Crippen LogP contribution in [0.15, 0.2) is 59.6 Å². The highest BCUT2D eigenvalue weighted by Crippen LogP contribution is 2.31. The van der Waals surface area contributed by atoms with E-state index in [0.29, 0.717) is 32.1 Å². The van der Waals surface area contributed by atoms with Crippen LogP contribution < -0.4 is 0 Å². The van der Waals surface area contributed by atoms with Crippen molar-refractivity contribution < 1.29 is 9.53 Å². The highest BCUT2D eigenvalue weighted by molar-refractivity contribution is 8.00. The monoisotopic (exact) mass is 380 g/mol. The van der Waals surface area contributed by atoms with Crippen molar-refractivity contribution in [3.8, 4) is 0 Å². The fourth-order valence-electron chi connectivity index (χ4n) is 3.47. The minimum Gasteiger partial charge on any atom is -0.378 e. The standard InChI is InChI=1S/C22H24N2O2S/c1-17-6-2-3-7-18(17)14-24-15-21(19-8-4-5-9-20(19)24)27-16-22(25)23-10-12-26-13-11-23/h2-9,15H,10-14,16H2,1H3. The third-order valence-corrected chi connectivity index (χ3v) is 6.10. The zero-order valence-corrected chi connectivity index (χ0v) is 16.4. The molecule has 1 fully saturated rings. The normalized spacial score (nSPS) is 14.6. The third kappa shape index (κ3) is 4.04. The van der Waals surface area contributed by atoms with Crippen molar-refractivity contribution in [1.82, 2.24) is 9.47 Å². The number of hydrogen-bond acceptors (Lipinski definition) is 3. The summed E-state index contributed by atoms with van der Waals surface area (Å²) in [6.45, 7) is 5.68. The topological polar surface area (TPSA) is 34.5 Å².